The number of esters is 2. The molecule has 2 heterocycles. The van der Waals surface area contributed by atoms with Crippen LogP contribution in [-0.2, 0) is 33.3 Å². The van der Waals surface area contributed by atoms with E-state index >= 15 is 0 Å². The van der Waals surface area contributed by atoms with Crippen LogP contribution in [0.5, 0.6) is 11.5 Å². The Balaban J connectivity index is 2.25. The van der Waals surface area contributed by atoms with Crippen molar-refractivity contribution in [1.82, 2.24) is 10.3 Å². The van der Waals surface area contributed by atoms with Crippen LogP contribution in [0.3, 0.4) is 0 Å². The van der Waals surface area contributed by atoms with E-state index in [9.17, 15) is 14.4 Å². The number of ether oxygens (including phenoxy) is 7. The zero-order chi connectivity index (χ0) is 29.2. The highest BCUT2D eigenvalue weighted by molar-refractivity contribution is 5.98. The summed E-state index contributed by atoms with van der Waals surface area (Å²) in [5, 5.41) is 2.61. The largest absolute Gasteiger partial charge is 0.493 e. The van der Waals surface area contributed by atoms with E-state index in [1.54, 1.807) is 6.92 Å². The summed E-state index contributed by atoms with van der Waals surface area (Å²) in [7, 11) is 1.39. The zero-order valence-corrected chi connectivity index (χ0v) is 24.1. The first-order valence-electron chi connectivity index (χ1n) is 13.1. The third-order valence-electron chi connectivity index (χ3n) is 6.01. The lowest BCUT2D eigenvalue weighted by Gasteiger charge is -2.37. The minimum absolute atomic E-state index is 0.0538. The molecule has 0 aromatic carbocycles. The first-order valence-corrected chi connectivity index (χ1v) is 13.1. The standard InChI is InChI=1S/C27H42N2O10/c1-9-27(6,7)39-23-17(4)38-26(32)19(13-34-14-21(23)35-12-16(2)3)29-25(31)22-24(37-15-36-18(5)30)20(33-8)10-11-28-22/h10-11,16-17,19,21,23H,9,12-15H2,1-8H3,(H,29,31)/t17-,19-,21-,23-/m0/s1. The van der Waals surface area contributed by atoms with E-state index in [0.29, 0.717) is 6.61 Å². The van der Waals surface area contributed by atoms with E-state index in [-0.39, 0.29) is 36.3 Å². The molecule has 220 valence electrons. The van der Waals surface area contributed by atoms with Crippen LogP contribution in [-0.4, -0.2) is 86.5 Å². The maximum absolute atomic E-state index is 13.2. The fourth-order valence-electron chi connectivity index (χ4n) is 3.57. The number of amides is 1. The van der Waals surface area contributed by atoms with Gasteiger partial charge in [-0.15, -0.1) is 0 Å². The quantitative estimate of drug-likeness (QED) is 0.301. The van der Waals surface area contributed by atoms with Gasteiger partial charge in [-0.3, -0.25) is 9.59 Å². The van der Waals surface area contributed by atoms with Crippen LogP contribution in [0.25, 0.3) is 0 Å². The normalized spacial score (nSPS) is 22.2. The second kappa shape index (κ2) is 15.0. The molecular formula is C27H42N2O10. The van der Waals surface area contributed by atoms with Crippen LogP contribution in [0.15, 0.2) is 12.3 Å². The Morgan fingerprint density at radius 3 is 2.59 bits per heavy atom. The summed E-state index contributed by atoms with van der Waals surface area (Å²) in [5.41, 5.74) is -0.668. The third kappa shape index (κ3) is 9.94. The van der Waals surface area contributed by atoms with Crippen LogP contribution in [0.2, 0.25) is 0 Å². The Kier molecular flexibility index (Phi) is 12.4. The third-order valence-corrected chi connectivity index (χ3v) is 6.01. The number of carbonyl (C=O) groups is 3. The number of cyclic esters (lactones) is 1. The van der Waals surface area contributed by atoms with Crippen LogP contribution < -0.4 is 14.8 Å². The van der Waals surface area contributed by atoms with Crippen molar-refractivity contribution in [2.24, 2.45) is 5.92 Å². The van der Waals surface area contributed by atoms with Crippen LogP contribution in [0.4, 0.5) is 0 Å². The molecule has 12 nitrogen and oxygen atoms in total. The number of aromatic nitrogens is 1. The zero-order valence-electron chi connectivity index (χ0n) is 24.1. The maximum Gasteiger partial charge on any atom is 0.331 e. The van der Waals surface area contributed by atoms with Gasteiger partial charge in [0.15, 0.2) is 23.2 Å². The van der Waals surface area contributed by atoms with Gasteiger partial charge < -0.3 is 38.5 Å². The van der Waals surface area contributed by atoms with Crippen molar-refractivity contribution in [3.63, 3.8) is 0 Å². The van der Waals surface area contributed by atoms with Crippen molar-refractivity contribution in [1.29, 1.82) is 0 Å². The van der Waals surface area contributed by atoms with E-state index in [0.717, 1.165) is 6.42 Å². The molecule has 1 amide bonds. The highest BCUT2D eigenvalue weighted by Gasteiger charge is 2.39. The van der Waals surface area contributed by atoms with Gasteiger partial charge in [0.2, 0.25) is 6.79 Å². The Bertz CT molecular complexity index is 968. The van der Waals surface area contributed by atoms with E-state index in [1.807, 2.05) is 34.6 Å². The molecule has 0 spiro atoms. The average Bonchev–Trinajstić information content (AvgIpc) is 2.92. The minimum atomic E-state index is -1.15. The summed E-state index contributed by atoms with van der Waals surface area (Å²) < 4.78 is 39.6. The second-order valence-corrected chi connectivity index (χ2v) is 10.3. The molecule has 1 aromatic rings. The highest BCUT2D eigenvalue weighted by atomic mass is 16.7. The Hall–Kier alpha value is -2.96. The molecule has 0 unspecified atom stereocenters. The summed E-state index contributed by atoms with van der Waals surface area (Å²) in [5.74, 6) is -1.60. The van der Waals surface area contributed by atoms with Crippen molar-refractivity contribution >= 4 is 17.8 Å². The Labute approximate surface area is 230 Å². The van der Waals surface area contributed by atoms with Crippen molar-refractivity contribution in [2.45, 2.75) is 84.8 Å². The Morgan fingerprint density at radius 2 is 1.97 bits per heavy atom. The molecule has 1 aliphatic rings. The molecule has 1 aliphatic heterocycles. The van der Waals surface area contributed by atoms with Gasteiger partial charge in [0.1, 0.15) is 18.3 Å². The molecule has 1 aromatic heterocycles. The van der Waals surface area contributed by atoms with E-state index in [2.05, 4.69) is 10.3 Å². The lowest BCUT2D eigenvalue weighted by atomic mass is 10.0. The molecule has 0 saturated carbocycles. The average molecular weight is 555 g/mol. The lowest BCUT2D eigenvalue weighted by Crippen LogP contribution is -2.49. The highest BCUT2D eigenvalue weighted by Crippen LogP contribution is 2.30. The molecule has 1 N–H and O–H groups in total. The predicted octanol–water partition coefficient (Wildman–Crippen LogP) is 2.66. The summed E-state index contributed by atoms with van der Waals surface area (Å²) in [6, 6.07) is 0.326. The van der Waals surface area contributed by atoms with Gasteiger partial charge in [0.25, 0.3) is 5.91 Å². The first-order chi connectivity index (χ1) is 18.4. The fourth-order valence-corrected chi connectivity index (χ4v) is 3.57. The number of hydrogen-bond donors (Lipinski definition) is 1. The number of rotatable bonds is 12. The fraction of sp³-hybridized carbons (Fsp3) is 0.704. The molecule has 1 fully saturated rings. The lowest BCUT2D eigenvalue weighted by molar-refractivity contribution is -0.194. The van der Waals surface area contributed by atoms with Crippen LogP contribution in [0.1, 0.15) is 65.4 Å². The molecule has 0 bridgehead atoms. The molecule has 12 heteroatoms. The summed E-state index contributed by atoms with van der Waals surface area (Å²) >= 11 is 0. The molecular weight excluding hydrogens is 512 g/mol. The van der Waals surface area contributed by atoms with Crippen molar-refractivity contribution in [3.8, 4) is 11.5 Å². The molecule has 39 heavy (non-hydrogen) atoms. The van der Waals surface area contributed by atoms with Gasteiger partial charge in [-0.05, 0) is 33.1 Å². The summed E-state index contributed by atoms with van der Waals surface area (Å²) in [6.07, 6.45) is 0.283. The van der Waals surface area contributed by atoms with E-state index in [4.69, 9.17) is 33.2 Å². The Morgan fingerprint density at radius 1 is 1.26 bits per heavy atom. The smallest absolute Gasteiger partial charge is 0.331 e. The minimum Gasteiger partial charge on any atom is -0.493 e. The predicted molar refractivity (Wildman–Crippen MR) is 139 cm³/mol. The van der Waals surface area contributed by atoms with Gasteiger partial charge in [0.05, 0.1) is 25.9 Å². The molecule has 0 radical (unpaired) electrons. The summed E-state index contributed by atoms with van der Waals surface area (Å²) in [6.45, 7) is 12.9. The van der Waals surface area contributed by atoms with Gasteiger partial charge >= 0.3 is 11.9 Å². The van der Waals surface area contributed by atoms with Gasteiger partial charge in [0, 0.05) is 25.8 Å². The van der Waals surface area contributed by atoms with Gasteiger partial charge in [-0.25, -0.2) is 9.78 Å². The number of methoxy groups -OCH3 is 1. The van der Waals surface area contributed by atoms with Crippen LogP contribution >= 0.6 is 0 Å². The topological polar surface area (TPSA) is 141 Å². The number of carbonyl (C=O) groups excluding carboxylic acids is 3. The second-order valence-electron chi connectivity index (χ2n) is 10.3. The maximum atomic E-state index is 13.2. The van der Waals surface area contributed by atoms with Crippen molar-refractivity contribution in [3.05, 3.63) is 18.0 Å². The number of pyridine rings is 1. The molecule has 0 aliphatic carbocycles. The van der Waals surface area contributed by atoms with Crippen molar-refractivity contribution in [2.75, 3.05) is 33.7 Å². The van der Waals surface area contributed by atoms with Gasteiger partial charge in [-0.2, -0.15) is 0 Å². The van der Waals surface area contributed by atoms with E-state index in [1.165, 1.54) is 26.3 Å². The van der Waals surface area contributed by atoms with Crippen molar-refractivity contribution < 1.29 is 47.5 Å². The van der Waals surface area contributed by atoms with Gasteiger partial charge in [-0.1, -0.05) is 20.8 Å². The monoisotopic (exact) mass is 554 g/mol. The number of nitrogens with zero attached hydrogens (tertiary/aromatic N) is 1. The molecule has 2 rings (SSSR count). The molecule has 1 saturated heterocycles. The van der Waals surface area contributed by atoms with E-state index < -0.39 is 54.6 Å². The molecule has 4 atom stereocenters. The van der Waals surface area contributed by atoms with Crippen LogP contribution in [0, 0.1) is 5.92 Å². The number of nitrogens with one attached hydrogen (secondary N) is 1. The number of hydrogen-bond acceptors (Lipinski definition) is 11. The summed E-state index contributed by atoms with van der Waals surface area (Å²) in [4.78, 5) is 41.6. The SMILES string of the molecule is CCC(C)(C)O[C@H]1[C@H](C)OC(=O)[C@@H](NC(=O)c2nccc(OC)c2OCOC(C)=O)COC[C@@H]1OCC(C)C. The first kappa shape index (κ1) is 32.3.